The first-order valence-electron chi connectivity index (χ1n) is 17.9. The molecule has 2 aliphatic carbocycles. The number of hydrogen-bond acceptors (Lipinski definition) is 10. The number of alkyl halides is 3. The number of likely N-dealkylation sites (tertiary alicyclic amines) is 1. The van der Waals surface area contributed by atoms with E-state index in [0.717, 1.165) is 36.9 Å². The van der Waals surface area contributed by atoms with Crippen molar-refractivity contribution in [3.63, 3.8) is 0 Å². The number of piperidine rings is 1. The van der Waals surface area contributed by atoms with Crippen LogP contribution in [0.4, 0.5) is 24.7 Å². The second-order valence-corrected chi connectivity index (χ2v) is 15.0. The van der Waals surface area contributed by atoms with E-state index in [1.807, 2.05) is 26.0 Å². The van der Waals surface area contributed by atoms with Gasteiger partial charge in [0.2, 0.25) is 11.7 Å². The van der Waals surface area contributed by atoms with Gasteiger partial charge in [-0.2, -0.15) is 22.7 Å². The Kier molecular flexibility index (Phi) is 8.81. The average Bonchev–Trinajstić information content (AvgIpc) is 3.75. The number of rotatable bonds is 7. The SMILES string of the molecule is Cc1nc(NC2CC2)ccc1-c1nc2n(CC(=O)Nc3ccc(C(F)(F)F)cc3Cl)c3c(c(=O)n2n1)C1(CCN(C(=O)c2ncnc(C)c2O)CC1)CC3C. The highest BCUT2D eigenvalue weighted by Crippen LogP contribution is 2.50. The van der Waals surface area contributed by atoms with Gasteiger partial charge in [-0.15, -0.1) is 5.10 Å². The van der Waals surface area contributed by atoms with Crippen molar-refractivity contribution in [2.45, 2.75) is 83.0 Å². The van der Waals surface area contributed by atoms with Crippen LogP contribution in [0, 0.1) is 13.8 Å². The van der Waals surface area contributed by atoms with Gasteiger partial charge < -0.3 is 25.2 Å². The summed E-state index contributed by atoms with van der Waals surface area (Å²) in [6.45, 7) is 5.54. The second kappa shape index (κ2) is 13.3. The molecular weight excluding hydrogens is 741 g/mol. The molecule has 1 atom stereocenters. The number of amides is 2. The Hall–Kier alpha value is -5.58. The minimum absolute atomic E-state index is 0.0106. The van der Waals surface area contributed by atoms with Gasteiger partial charge in [0.15, 0.2) is 17.3 Å². The summed E-state index contributed by atoms with van der Waals surface area (Å²) in [5.41, 5.74) is 0.429. The highest BCUT2D eigenvalue weighted by molar-refractivity contribution is 6.33. The number of aromatic nitrogens is 7. The van der Waals surface area contributed by atoms with Crippen LogP contribution >= 0.6 is 11.6 Å². The van der Waals surface area contributed by atoms with Gasteiger partial charge in [0.25, 0.3) is 11.5 Å². The Balaban J connectivity index is 1.18. The lowest BCUT2D eigenvalue weighted by Crippen LogP contribution is -2.46. The highest BCUT2D eigenvalue weighted by Gasteiger charge is 2.49. The van der Waals surface area contributed by atoms with Gasteiger partial charge in [0.05, 0.1) is 27.7 Å². The Labute approximate surface area is 316 Å². The Bertz CT molecular complexity index is 2450. The first-order valence-corrected chi connectivity index (χ1v) is 18.3. The quantitative estimate of drug-likeness (QED) is 0.188. The third-order valence-corrected chi connectivity index (χ3v) is 11.1. The number of carbonyl (C=O) groups is 2. The second-order valence-electron chi connectivity index (χ2n) is 14.6. The summed E-state index contributed by atoms with van der Waals surface area (Å²) in [4.78, 5) is 60.9. The fraction of sp³-hybridized carbons (Fsp3) is 0.405. The molecule has 1 aliphatic heterocycles. The van der Waals surface area contributed by atoms with Crippen LogP contribution < -0.4 is 16.2 Å². The van der Waals surface area contributed by atoms with Gasteiger partial charge in [-0.1, -0.05) is 18.5 Å². The van der Waals surface area contributed by atoms with Gasteiger partial charge in [-0.05, 0) is 82.2 Å². The van der Waals surface area contributed by atoms with Crippen LogP contribution in [0.3, 0.4) is 0 Å². The third kappa shape index (κ3) is 6.53. The molecule has 55 heavy (non-hydrogen) atoms. The van der Waals surface area contributed by atoms with Crippen LogP contribution in [0.1, 0.15) is 83.6 Å². The van der Waals surface area contributed by atoms with Crippen LogP contribution in [-0.2, 0) is 22.9 Å². The van der Waals surface area contributed by atoms with E-state index in [4.69, 9.17) is 16.6 Å². The van der Waals surface area contributed by atoms with Crippen molar-refractivity contribution in [3.8, 4) is 17.1 Å². The Morgan fingerprint density at radius 1 is 1.05 bits per heavy atom. The van der Waals surface area contributed by atoms with E-state index in [9.17, 15) is 32.7 Å². The molecule has 4 aromatic heterocycles. The van der Waals surface area contributed by atoms with E-state index in [1.165, 1.54) is 10.8 Å². The minimum atomic E-state index is -4.62. The number of nitrogens with one attached hydrogen (secondary N) is 2. The number of pyridine rings is 1. The van der Waals surface area contributed by atoms with E-state index in [0.29, 0.717) is 47.8 Å². The molecule has 14 nitrogen and oxygen atoms in total. The van der Waals surface area contributed by atoms with Crippen LogP contribution in [-0.4, -0.2) is 75.1 Å². The molecule has 5 heterocycles. The lowest BCUT2D eigenvalue weighted by molar-refractivity contribution is -0.137. The summed E-state index contributed by atoms with van der Waals surface area (Å²) in [6.07, 6.45) is 0.124. The van der Waals surface area contributed by atoms with Gasteiger partial charge in [-0.25, -0.2) is 15.0 Å². The molecule has 2 fully saturated rings. The van der Waals surface area contributed by atoms with Crippen LogP contribution in [0.25, 0.3) is 17.2 Å². The van der Waals surface area contributed by atoms with Crippen molar-refractivity contribution in [2.24, 2.45) is 0 Å². The molecule has 1 unspecified atom stereocenters. The van der Waals surface area contributed by atoms with Crippen molar-refractivity contribution in [3.05, 3.63) is 85.9 Å². The molecule has 8 rings (SSSR count). The first kappa shape index (κ1) is 36.4. The third-order valence-electron chi connectivity index (χ3n) is 10.8. The fourth-order valence-electron chi connectivity index (χ4n) is 7.94. The van der Waals surface area contributed by atoms with E-state index in [2.05, 4.69) is 30.7 Å². The van der Waals surface area contributed by atoms with Crippen molar-refractivity contribution in [1.29, 1.82) is 0 Å². The number of nitrogens with zero attached hydrogens (tertiary/aromatic N) is 8. The summed E-state index contributed by atoms with van der Waals surface area (Å²) in [7, 11) is 0. The molecule has 1 saturated heterocycles. The van der Waals surface area contributed by atoms with Gasteiger partial charge in [-0.3, -0.25) is 14.4 Å². The van der Waals surface area contributed by atoms with E-state index in [-0.39, 0.29) is 65.0 Å². The standard InChI is InChI=1S/C37H36ClF3N10O4/c1-18-15-36(10-12-49(13-11-36)34(55)29-31(53)20(3)42-17-43-29)28-30(18)50(16-27(52)46-25-8-4-21(14-24(25)38)37(39,40)41)35-47-32(48-51(35)33(28)54)23-7-9-26(44-19(23)2)45-22-5-6-22/h4,7-9,14,17-18,22,53H,5-6,10-13,15-16H2,1-3H3,(H,44,45)(H,46,52). The van der Waals surface area contributed by atoms with Crippen molar-refractivity contribution >= 4 is 40.7 Å². The average molecular weight is 777 g/mol. The maximum Gasteiger partial charge on any atom is 0.416 e. The minimum Gasteiger partial charge on any atom is -0.504 e. The highest BCUT2D eigenvalue weighted by atomic mass is 35.5. The molecule has 1 spiro atoms. The maximum absolute atomic E-state index is 14.6. The number of hydrogen-bond donors (Lipinski definition) is 3. The van der Waals surface area contributed by atoms with Gasteiger partial charge >= 0.3 is 6.18 Å². The normalized spacial score (nSPS) is 17.8. The molecular formula is C37H36ClF3N10O4. The number of anilines is 2. The molecule has 1 aromatic carbocycles. The van der Waals surface area contributed by atoms with Crippen LogP contribution in [0.15, 0.2) is 41.5 Å². The number of carbonyl (C=O) groups excluding carboxylic acids is 2. The smallest absolute Gasteiger partial charge is 0.416 e. The molecule has 0 bridgehead atoms. The van der Waals surface area contributed by atoms with E-state index >= 15 is 0 Å². The predicted octanol–water partition coefficient (Wildman–Crippen LogP) is 5.63. The number of benzene rings is 1. The number of aryl methyl sites for hydroxylation is 2. The van der Waals surface area contributed by atoms with E-state index < -0.39 is 34.5 Å². The summed E-state index contributed by atoms with van der Waals surface area (Å²) < 4.78 is 42.8. The topological polar surface area (TPSA) is 173 Å². The van der Waals surface area contributed by atoms with E-state index in [1.54, 1.807) is 16.4 Å². The van der Waals surface area contributed by atoms with Gasteiger partial charge in [0.1, 0.15) is 18.7 Å². The fourth-order valence-corrected chi connectivity index (χ4v) is 8.17. The number of halogens is 4. The van der Waals surface area contributed by atoms with Crippen LogP contribution in [0.2, 0.25) is 5.02 Å². The van der Waals surface area contributed by atoms with Crippen LogP contribution in [0.5, 0.6) is 5.75 Å². The van der Waals surface area contributed by atoms with Crippen molar-refractivity contribution in [2.75, 3.05) is 23.7 Å². The summed E-state index contributed by atoms with van der Waals surface area (Å²) in [5, 5.41) is 20.9. The molecule has 18 heteroatoms. The monoisotopic (exact) mass is 776 g/mol. The first-order chi connectivity index (χ1) is 26.1. The van der Waals surface area contributed by atoms with Gasteiger partial charge in [0, 0.05) is 41.4 Å². The lowest BCUT2D eigenvalue weighted by atomic mass is 9.73. The molecule has 5 aromatic rings. The molecule has 0 radical (unpaired) electrons. The summed E-state index contributed by atoms with van der Waals surface area (Å²) >= 11 is 6.18. The molecule has 2 amide bonds. The molecule has 3 aliphatic rings. The molecule has 3 N–H and O–H groups in total. The predicted molar refractivity (Wildman–Crippen MR) is 195 cm³/mol. The zero-order valence-corrected chi connectivity index (χ0v) is 30.8. The molecule has 1 saturated carbocycles. The Morgan fingerprint density at radius 2 is 1.80 bits per heavy atom. The summed E-state index contributed by atoms with van der Waals surface area (Å²) in [5.74, 6) is -0.517. The van der Waals surface area contributed by atoms with Crippen molar-refractivity contribution < 1.29 is 27.9 Å². The largest absolute Gasteiger partial charge is 0.504 e. The number of fused-ring (bicyclic) bond motifs is 3. The maximum atomic E-state index is 14.6. The lowest BCUT2D eigenvalue weighted by Gasteiger charge is -2.39. The molecule has 286 valence electrons. The Morgan fingerprint density at radius 3 is 2.47 bits per heavy atom. The zero-order valence-electron chi connectivity index (χ0n) is 30.0. The number of aromatic hydroxyl groups is 1. The summed E-state index contributed by atoms with van der Waals surface area (Å²) in [6, 6.07) is 6.72. The zero-order chi connectivity index (χ0) is 39.0. The van der Waals surface area contributed by atoms with Crippen molar-refractivity contribution in [1.82, 2.24) is 39.0 Å².